The zero-order valence-electron chi connectivity index (χ0n) is 17.1. The van der Waals surface area contributed by atoms with Gasteiger partial charge in [0.25, 0.3) is 0 Å². The second-order valence-electron chi connectivity index (χ2n) is 7.77. The molecule has 2 aliphatic heterocycles. The fraction of sp³-hybridized carbons (Fsp3) is 0.722. The molecule has 1 aromatic heterocycles. The first kappa shape index (κ1) is 20.8. The molecule has 2 aliphatic rings. The van der Waals surface area contributed by atoms with Gasteiger partial charge < -0.3 is 14.7 Å². The maximum atomic E-state index is 12.9. The van der Waals surface area contributed by atoms with Gasteiger partial charge in [0, 0.05) is 65.3 Å². The molecule has 28 heavy (non-hydrogen) atoms. The molecular weight excluding hydrogens is 380 g/mol. The fourth-order valence-electron chi connectivity index (χ4n) is 3.78. The van der Waals surface area contributed by atoms with Crippen LogP contribution in [0.15, 0.2) is 6.07 Å². The van der Waals surface area contributed by atoms with Gasteiger partial charge in [0.15, 0.2) is 0 Å². The van der Waals surface area contributed by atoms with E-state index in [0.717, 1.165) is 30.5 Å². The van der Waals surface area contributed by atoms with E-state index in [0.29, 0.717) is 39.0 Å². The lowest BCUT2D eigenvalue weighted by atomic mass is 9.96. The number of sulfonamides is 1. The molecule has 9 nitrogen and oxygen atoms in total. The van der Waals surface area contributed by atoms with Crippen LogP contribution in [0.2, 0.25) is 0 Å². The Morgan fingerprint density at radius 3 is 2.21 bits per heavy atom. The van der Waals surface area contributed by atoms with Crippen molar-refractivity contribution in [3.05, 3.63) is 11.9 Å². The van der Waals surface area contributed by atoms with Crippen molar-refractivity contribution >= 4 is 27.6 Å². The SMILES string of the molecule is Cc1nc(N(C)C)cc(N2CCN(C(=O)C3CCN(S(C)(=O)=O)CC3)CC2)n1. The number of anilines is 2. The smallest absolute Gasteiger partial charge is 0.225 e. The van der Waals surface area contributed by atoms with E-state index in [9.17, 15) is 13.2 Å². The molecule has 0 bridgehead atoms. The minimum atomic E-state index is -3.16. The summed E-state index contributed by atoms with van der Waals surface area (Å²) in [7, 11) is 0.746. The van der Waals surface area contributed by atoms with Crippen LogP contribution in [0.5, 0.6) is 0 Å². The third-order valence-electron chi connectivity index (χ3n) is 5.46. The zero-order chi connectivity index (χ0) is 20.5. The molecule has 0 N–H and O–H groups in total. The van der Waals surface area contributed by atoms with Crippen molar-refractivity contribution in [2.24, 2.45) is 5.92 Å². The van der Waals surface area contributed by atoms with Gasteiger partial charge in [-0.15, -0.1) is 0 Å². The number of amides is 1. The summed E-state index contributed by atoms with van der Waals surface area (Å²) in [6, 6.07) is 1.98. The fourth-order valence-corrected chi connectivity index (χ4v) is 4.65. The molecule has 156 valence electrons. The molecule has 0 atom stereocenters. The van der Waals surface area contributed by atoms with E-state index in [4.69, 9.17) is 0 Å². The Morgan fingerprint density at radius 1 is 1.07 bits per heavy atom. The number of hydrogen-bond donors (Lipinski definition) is 0. The molecule has 1 amide bonds. The largest absolute Gasteiger partial charge is 0.363 e. The van der Waals surface area contributed by atoms with Gasteiger partial charge in [-0.05, 0) is 19.8 Å². The summed E-state index contributed by atoms with van der Waals surface area (Å²) >= 11 is 0. The van der Waals surface area contributed by atoms with Crippen LogP contribution in [0.3, 0.4) is 0 Å². The van der Waals surface area contributed by atoms with Crippen LogP contribution >= 0.6 is 0 Å². The standard InChI is InChI=1S/C18H30N6O3S/c1-14-19-16(21(2)3)13-17(20-14)22-9-11-23(12-10-22)18(25)15-5-7-24(8-6-15)28(4,26)27/h13,15H,5-12H2,1-4H3. The van der Waals surface area contributed by atoms with Gasteiger partial charge in [0.2, 0.25) is 15.9 Å². The van der Waals surface area contributed by atoms with Crippen molar-refractivity contribution in [3.8, 4) is 0 Å². The summed E-state index contributed by atoms with van der Waals surface area (Å²) in [6.45, 7) is 5.54. The van der Waals surface area contributed by atoms with Crippen LogP contribution in [0.1, 0.15) is 18.7 Å². The van der Waals surface area contributed by atoms with Crippen molar-refractivity contribution < 1.29 is 13.2 Å². The Morgan fingerprint density at radius 2 is 1.68 bits per heavy atom. The molecule has 0 aromatic carbocycles. The van der Waals surface area contributed by atoms with Gasteiger partial charge in [-0.1, -0.05) is 0 Å². The summed E-state index contributed by atoms with van der Waals surface area (Å²) < 4.78 is 24.7. The van der Waals surface area contributed by atoms with E-state index < -0.39 is 10.0 Å². The first-order chi connectivity index (χ1) is 13.1. The summed E-state index contributed by atoms with van der Waals surface area (Å²) in [4.78, 5) is 27.9. The molecule has 0 saturated carbocycles. The van der Waals surface area contributed by atoms with E-state index in [2.05, 4.69) is 14.9 Å². The summed E-state index contributed by atoms with van der Waals surface area (Å²) in [5.41, 5.74) is 0. The number of piperazine rings is 1. The number of aryl methyl sites for hydroxylation is 1. The molecule has 0 aliphatic carbocycles. The predicted molar refractivity (Wildman–Crippen MR) is 109 cm³/mol. The van der Waals surface area contributed by atoms with Crippen LogP contribution in [0.25, 0.3) is 0 Å². The van der Waals surface area contributed by atoms with E-state index in [-0.39, 0.29) is 11.8 Å². The van der Waals surface area contributed by atoms with Gasteiger partial charge >= 0.3 is 0 Å². The monoisotopic (exact) mass is 410 g/mol. The minimum Gasteiger partial charge on any atom is -0.363 e. The van der Waals surface area contributed by atoms with Crippen LogP contribution < -0.4 is 9.80 Å². The summed E-state index contributed by atoms with van der Waals surface area (Å²) in [5.74, 6) is 2.58. The van der Waals surface area contributed by atoms with Gasteiger partial charge in [-0.2, -0.15) is 0 Å². The molecule has 0 radical (unpaired) electrons. The highest BCUT2D eigenvalue weighted by atomic mass is 32.2. The van der Waals surface area contributed by atoms with E-state index in [1.54, 1.807) is 0 Å². The predicted octanol–water partition coefficient (Wildman–Crippen LogP) is 0.171. The first-order valence-electron chi connectivity index (χ1n) is 9.67. The summed E-state index contributed by atoms with van der Waals surface area (Å²) in [5, 5.41) is 0. The number of hydrogen-bond acceptors (Lipinski definition) is 7. The second kappa shape index (κ2) is 8.20. The van der Waals surface area contributed by atoms with Crippen LogP contribution in [0, 0.1) is 12.8 Å². The molecule has 0 spiro atoms. The first-order valence-corrected chi connectivity index (χ1v) is 11.5. The topological polar surface area (TPSA) is 90.0 Å². The number of piperidine rings is 1. The molecule has 2 saturated heterocycles. The maximum Gasteiger partial charge on any atom is 0.225 e. The average molecular weight is 411 g/mol. The number of aromatic nitrogens is 2. The van der Waals surface area contributed by atoms with Crippen LogP contribution in [-0.2, 0) is 14.8 Å². The average Bonchev–Trinajstić information content (AvgIpc) is 2.66. The molecule has 0 unspecified atom stereocenters. The molecule has 10 heteroatoms. The Labute approximate surface area is 167 Å². The van der Waals surface area contributed by atoms with Gasteiger partial charge in [-0.25, -0.2) is 22.7 Å². The lowest BCUT2D eigenvalue weighted by Crippen LogP contribution is -2.52. The number of carbonyl (C=O) groups is 1. The normalized spacial score (nSPS) is 19.7. The Bertz CT molecular complexity index is 813. The van der Waals surface area contributed by atoms with Crippen molar-refractivity contribution in [2.45, 2.75) is 19.8 Å². The summed E-state index contributed by atoms with van der Waals surface area (Å²) in [6.07, 6.45) is 2.43. The highest BCUT2D eigenvalue weighted by Crippen LogP contribution is 2.23. The minimum absolute atomic E-state index is 0.0776. The van der Waals surface area contributed by atoms with Gasteiger partial charge in [0.05, 0.1) is 6.26 Å². The van der Waals surface area contributed by atoms with Crippen molar-refractivity contribution in [1.82, 2.24) is 19.2 Å². The quantitative estimate of drug-likeness (QED) is 0.699. The van der Waals surface area contributed by atoms with Crippen LogP contribution in [-0.4, -0.2) is 93.1 Å². The highest BCUT2D eigenvalue weighted by molar-refractivity contribution is 7.88. The molecular formula is C18H30N6O3S. The zero-order valence-corrected chi connectivity index (χ0v) is 17.9. The molecule has 1 aromatic rings. The highest BCUT2D eigenvalue weighted by Gasteiger charge is 2.32. The van der Waals surface area contributed by atoms with Crippen molar-refractivity contribution in [3.63, 3.8) is 0 Å². The lowest BCUT2D eigenvalue weighted by Gasteiger charge is -2.38. The lowest BCUT2D eigenvalue weighted by molar-refractivity contribution is -0.137. The molecule has 2 fully saturated rings. The Balaban J connectivity index is 1.56. The van der Waals surface area contributed by atoms with Crippen LogP contribution in [0.4, 0.5) is 11.6 Å². The van der Waals surface area contributed by atoms with Gasteiger partial charge in [0.1, 0.15) is 17.5 Å². The van der Waals surface area contributed by atoms with Crippen molar-refractivity contribution in [2.75, 3.05) is 69.4 Å². The Hall–Kier alpha value is -1.94. The molecule has 3 rings (SSSR count). The second-order valence-corrected chi connectivity index (χ2v) is 9.76. The Kier molecular flexibility index (Phi) is 6.09. The van der Waals surface area contributed by atoms with E-state index in [1.807, 2.05) is 36.9 Å². The van der Waals surface area contributed by atoms with E-state index >= 15 is 0 Å². The maximum absolute atomic E-state index is 12.9. The number of nitrogens with zero attached hydrogens (tertiary/aromatic N) is 6. The van der Waals surface area contributed by atoms with Crippen molar-refractivity contribution in [1.29, 1.82) is 0 Å². The third kappa shape index (κ3) is 4.72. The number of rotatable bonds is 4. The van der Waals surface area contributed by atoms with E-state index in [1.165, 1.54) is 10.6 Å². The number of carbonyl (C=O) groups excluding carboxylic acids is 1. The van der Waals surface area contributed by atoms with Gasteiger partial charge in [-0.3, -0.25) is 4.79 Å². The third-order valence-corrected chi connectivity index (χ3v) is 6.76. The molecule has 3 heterocycles.